The molecule has 0 heterocycles. The van der Waals surface area contributed by atoms with Gasteiger partial charge in [-0.05, 0) is 66.8 Å². The first kappa shape index (κ1) is 27.8. The first-order valence-corrected chi connectivity index (χ1v) is 13.2. The molecule has 0 fully saturated rings. The predicted molar refractivity (Wildman–Crippen MR) is 148 cm³/mol. The number of nitrogens with zero attached hydrogens (tertiary/aromatic N) is 1. The lowest BCUT2D eigenvalue weighted by Crippen LogP contribution is -2.51. The third-order valence-electron chi connectivity index (χ3n) is 5.86. The van der Waals surface area contributed by atoms with Gasteiger partial charge in [0.05, 0.1) is 0 Å². The van der Waals surface area contributed by atoms with Crippen molar-refractivity contribution in [3.8, 4) is 5.75 Å². The molecule has 0 radical (unpaired) electrons. The van der Waals surface area contributed by atoms with E-state index >= 15 is 0 Å². The summed E-state index contributed by atoms with van der Waals surface area (Å²) in [6, 6.07) is 20.4. The minimum atomic E-state index is -0.688. The molecule has 190 valence electrons. The molecule has 0 saturated carbocycles. The first-order chi connectivity index (χ1) is 17.3. The van der Waals surface area contributed by atoms with E-state index in [1.807, 2.05) is 87.5 Å². The molecular formula is C29H32BrClN2O3. The highest BCUT2D eigenvalue weighted by molar-refractivity contribution is 9.10. The minimum Gasteiger partial charge on any atom is -0.484 e. The fourth-order valence-electron chi connectivity index (χ4n) is 3.92. The summed E-state index contributed by atoms with van der Waals surface area (Å²) in [5.74, 6) is 0.126. The number of benzene rings is 3. The normalized spacial score (nSPS) is 11.6. The van der Waals surface area contributed by atoms with Crippen molar-refractivity contribution in [1.29, 1.82) is 0 Å². The van der Waals surface area contributed by atoms with Crippen LogP contribution in [0.2, 0.25) is 5.02 Å². The summed E-state index contributed by atoms with van der Waals surface area (Å²) < 4.78 is 6.84. The van der Waals surface area contributed by atoms with Gasteiger partial charge < -0.3 is 15.0 Å². The molecule has 3 aromatic rings. The average molecular weight is 572 g/mol. The highest BCUT2D eigenvalue weighted by Gasteiger charge is 2.30. The van der Waals surface area contributed by atoms with Gasteiger partial charge in [-0.2, -0.15) is 0 Å². The Bertz CT molecular complexity index is 1150. The lowest BCUT2D eigenvalue weighted by Gasteiger charge is -2.31. The third-order valence-corrected chi connectivity index (χ3v) is 6.98. The van der Waals surface area contributed by atoms with Gasteiger partial charge in [0, 0.05) is 29.0 Å². The second-order valence-corrected chi connectivity index (χ2v) is 10.1. The Morgan fingerprint density at radius 2 is 1.64 bits per heavy atom. The second kappa shape index (κ2) is 13.5. The molecule has 1 atom stereocenters. The quantitative estimate of drug-likeness (QED) is 0.295. The van der Waals surface area contributed by atoms with Crippen molar-refractivity contribution in [3.63, 3.8) is 0 Å². The van der Waals surface area contributed by atoms with Crippen molar-refractivity contribution in [3.05, 3.63) is 98.5 Å². The topological polar surface area (TPSA) is 58.6 Å². The molecule has 36 heavy (non-hydrogen) atoms. The standard InChI is InChI=1S/C29H32BrClN2O3/c1-4-14-32-29(35)26(17-22-8-6-5-7-9-22)33(18-23-10-12-24(30)13-11-23)27(34)19-36-25-15-20(2)28(31)21(3)16-25/h5-13,15-16,26H,4,14,17-19H2,1-3H3,(H,32,35)/t26-/m0/s1. The van der Waals surface area contributed by atoms with Crippen LogP contribution >= 0.6 is 27.5 Å². The Hall–Kier alpha value is -2.83. The van der Waals surface area contributed by atoms with Crippen molar-refractivity contribution < 1.29 is 14.3 Å². The van der Waals surface area contributed by atoms with Crippen LogP contribution in [0.1, 0.15) is 35.6 Å². The Kier molecular flexibility index (Phi) is 10.4. The summed E-state index contributed by atoms with van der Waals surface area (Å²) in [6.07, 6.45) is 1.21. The molecule has 0 aliphatic heterocycles. The fraction of sp³-hybridized carbons (Fsp3) is 0.310. The SMILES string of the molecule is CCCNC(=O)[C@H](Cc1ccccc1)N(Cc1ccc(Br)cc1)C(=O)COc1cc(C)c(Cl)c(C)c1. The van der Waals surface area contributed by atoms with E-state index in [1.165, 1.54) is 0 Å². The highest BCUT2D eigenvalue weighted by atomic mass is 79.9. The van der Waals surface area contributed by atoms with Crippen LogP contribution in [-0.4, -0.2) is 35.9 Å². The molecular weight excluding hydrogens is 540 g/mol. The van der Waals surface area contributed by atoms with Gasteiger partial charge in [-0.1, -0.05) is 76.9 Å². The fourth-order valence-corrected chi connectivity index (χ4v) is 4.30. The monoisotopic (exact) mass is 570 g/mol. The Morgan fingerprint density at radius 1 is 1.00 bits per heavy atom. The third kappa shape index (κ3) is 7.84. The number of hydrogen-bond donors (Lipinski definition) is 1. The number of ether oxygens (including phenoxy) is 1. The van der Waals surface area contributed by atoms with E-state index in [4.69, 9.17) is 16.3 Å². The largest absolute Gasteiger partial charge is 0.484 e. The molecule has 5 nitrogen and oxygen atoms in total. The van der Waals surface area contributed by atoms with E-state index in [0.29, 0.717) is 23.7 Å². The molecule has 0 unspecified atom stereocenters. The molecule has 7 heteroatoms. The van der Waals surface area contributed by atoms with Gasteiger partial charge >= 0.3 is 0 Å². The number of nitrogens with one attached hydrogen (secondary N) is 1. The van der Waals surface area contributed by atoms with Crippen LogP contribution in [0.25, 0.3) is 0 Å². The maximum absolute atomic E-state index is 13.6. The number of carbonyl (C=O) groups excluding carboxylic acids is 2. The Labute approximate surface area is 226 Å². The van der Waals surface area contributed by atoms with Gasteiger partial charge in [0.2, 0.25) is 5.91 Å². The first-order valence-electron chi connectivity index (χ1n) is 12.0. The molecule has 0 aliphatic rings. The summed E-state index contributed by atoms with van der Waals surface area (Å²) in [4.78, 5) is 28.6. The maximum atomic E-state index is 13.6. The van der Waals surface area contributed by atoms with Crippen LogP contribution in [0.5, 0.6) is 5.75 Å². The van der Waals surface area contributed by atoms with Crippen LogP contribution < -0.4 is 10.1 Å². The van der Waals surface area contributed by atoms with Crippen LogP contribution in [0, 0.1) is 13.8 Å². The van der Waals surface area contributed by atoms with Crippen molar-refractivity contribution in [2.45, 2.75) is 46.2 Å². The zero-order chi connectivity index (χ0) is 26.1. The number of amides is 2. The predicted octanol–water partition coefficient (Wildman–Crippen LogP) is 6.26. The van der Waals surface area contributed by atoms with Gasteiger partial charge in [0.1, 0.15) is 11.8 Å². The average Bonchev–Trinajstić information content (AvgIpc) is 2.88. The Balaban J connectivity index is 1.90. The van der Waals surface area contributed by atoms with Crippen molar-refractivity contribution in [2.24, 2.45) is 0 Å². The van der Waals surface area contributed by atoms with E-state index < -0.39 is 6.04 Å². The zero-order valence-electron chi connectivity index (χ0n) is 20.9. The maximum Gasteiger partial charge on any atom is 0.261 e. The number of rotatable bonds is 11. The number of carbonyl (C=O) groups is 2. The van der Waals surface area contributed by atoms with Gasteiger partial charge in [-0.3, -0.25) is 9.59 Å². The second-order valence-electron chi connectivity index (χ2n) is 8.80. The summed E-state index contributed by atoms with van der Waals surface area (Å²) in [6.45, 7) is 6.44. The van der Waals surface area contributed by atoms with E-state index in [0.717, 1.165) is 33.1 Å². The molecule has 0 saturated heterocycles. The van der Waals surface area contributed by atoms with Crippen molar-refractivity contribution in [1.82, 2.24) is 10.2 Å². The van der Waals surface area contributed by atoms with Gasteiger partial charge in [0.25, 0.3) is 5.91 Å². The summed E-state index contributed by atoms with van der Waals surface area (Å²) >= 11 is 9.74. The van der Waals surface area contributed by atoms with E-state index in [9.17, 15) is 9.59 Å². The lowest BCUT2D eigenvalue weighted by atomic mass is 10.0. The van der Waals surface area contributed by atoms with Gasteiger partial charge in [-0.25, -0.2) is 0 Å². The van der Waals surface area contributed by atoms with Crippen molar-refractivity contribution in [2.75, 3.05) is 13.2 Å². The molecule has 3 aromatic carbocycles. The van der Waals surface area contributed by atoms with Gasteiger partial charge in [0.15, 0.2) is 6.61 Å². The lowest BCUT2D eigenvalue weighted by molar-refractivity contribution is -0.142. The molecule has 0 bridgehead atoms. The summed E-state index contributed by atoms with van der Waals surface area (Å²) in [5.41, 5.74) is 3.66. The molecule has 2 amide bonds. The minimum absolute atomic E-state index is 0.177. The van der Waals surface area contributed by atoms with E-state index in [2.05, 4.69) is 21.2 Å². The summed E-state index contributed by atoms with van der Waals surface area (Å²) in [5, 5.41) is 3.66. The van der Waals surface area contributed by atoms with Crippen LogP contribution in [0.15, 0.2) is 71.2 Å². The Morgan fingerprint density at radius 3 is 2.25 bits per heavy atom. The molecule has 3 rings (SSSR count). The number of hydrogen-bond acceptors (Lipinski definition) is 3. The van der Waals surface area contributed by atoms with Crippen LogP contribution in [0.4, 0.5) is 0 Å². The van der Waals surface area contributed by atoms with E-state index in [-0.39, 0.29) is 25.0 Å². The van der Waals surface area contributed by atoms with Gasteiger partial charge in [-0.15, -0.1) is 0 Å². The number of halogens is 2. The highest BCUT2D eigenvalue weighted by Crippen LogP contribution is 2.26. The molecule has 1 N–H and O–H groups in total. The molecule has 0 aliphatic carbocycles. The van der Waals surface area contributed by atoms with E-state index in [1.54, 1.807) is 4.90 Å². The molecule has 0 aromatic heterocycles. The zero-order valence-corrected chi connectivity index (χ0v) is 23.2. The van der Waals surface area contributed by atoms with Crippen LogP contribution in [-0.2, 0) is 22.6 Å². The van der Waals surface area contributed by atoms with Crippen LogP contribution in [0.3, 0.4) is 0 Å². The number of aryl methyl sites for hydroxylation is 2. The van der Waals surface area contributed by atoms with Crippen molar-refractivity contribution >= 4 is 39.3 Å². The smallest absolute Gasteiger partial charge is 0.261 e. The molecule has 0 spiro atoms. The summed E-state index contributed by atoms with van der Waals surface area (Å²) in [7, 11) is 0.